The van der Waals surface area contributed by atoms with Crippen molar-refractivity contribution in [3.05, 3.63) is 74.2 Å². The molecule has 0 saturated heterocycles. The third-order valence-corrected chi connectivity index (χ3v) is 6.95. The Bertz CT molecular complexity index is 1390. The van der Waals surface area contributed by atoms with Gasteiger partial charge in [0, 0.05) is 52.6 Å². The van der Waals surface area contributed by atoms with Crippen molar-refractivity contribution in [2.24, 2.45) is 0 Å². The first kappa shape index (κ1) is 20.9. The van der Waals surface area contributed by atoms with Gasteiger partial charge in [-0.1, -0.05) is 50.1 Å². The van der Waals surface area contributed by atoms with Crippen molar-refractivity contribution in [1.29, 1.82) is 0 Å². The molecule has 0 radical (unpaired) electrons. The van der Waals surface area contributed by atoms with Gasteiger partial charge in [0.2, 0.25) is 0 Å². The summed E-state index contributed by atoms with van der Waals surface area (Å²) in [4.78, 5) is 32.0. The molecule has 1 N–H and O–H groups in total. The largest absolute Gasteiger partial charge is 0.357 e. The lowest BCUT2D eigenvalue weighted by Crippen LogP contribution is -2.38. The molecule has 0 bridgehead atoms. The van der Waals surface area contributed by atoms with E-state index in [9.17, 15) is 9.59 Å². The molecule has 1 aliphatic heterocycles. The highest BCUT2D eigenvalue weighted by molar-refractivity contribution is 9.10. The number of para-hydroxylation sites is 1. The number of benzene rings is 2. The first-order chi connectivity index (χ1) is 15.6. The van der Waals surface area contributed by atoms with Crippen LogP contribution < -0.4 is 5.56 Å². The topological polar surface area (TPSA) is 71.0 Å². The molecule has 7 heteroatoms. The monoisotopic (exact) mass is 492 g/mol. The number of hydrogen-bond acceptors (Lipinski definition) is 3. The van der Waals surface area contributed by atoms with E-state index in [-0.39, 0.29) is 11.5 Å². The second-order valence-corrected chi connectivity index (χ2v) is 9.21. The number of aromatic amines is 1. The molecule has 0 fully saturated rings. The predicted molar refractivity (Wildman–Crippen MR) is 130 cm³/mol. The Kier molecular flexibility index (Phi) is 5.59. The van der Waals surface area contributed by atoms with Crippen LogP contribution in [-0.4, -0.2) is 32.1 Å². The predicted octanol–water partition coefficient (Wildman–Crippen LogP) is 5.03. The van der Waals surface area contributed by atoms with Crippen LogP contribution in [0.15, 0.2) is 51.7 Å². The summed E-state index contributed by atoms with van der Waals surface area (Å²) in [5.74, 6) is -0.125. The SMILES string of the molecule is CCCCCn1nc(C(=O)N2CCc3[nH]c4c(Br)cccc4c3C2)c2ccccc2c1=O. The van der Waals surface area contributed by atoms with Crippen molar-refractivity contribution in [2.45, 2.75) is 45.7 Å². The fourth-order valence-corrected chi connectivity index (χ4v) is 5.05. The number of hydrogen-bond donors (Lipinski definition) is 1. The number of halogens is 1. The van der Waals surface area contributed by atoms with Crippen LogP contribution in [0.5, 0.6) is 0 Å². The van der Waals surface area contributed by atoms with E-state index < -0.39 is 0 Å². The number of unbranched alkanes of at least 4 members (excludes halogenated alkanes) is 2. The molecule has 2 aromatic heterocycles. The molecule has 0 spiro atoms. The van der Waals surface area contributed by atoms with Gasteiger partial charge < -0.3 is 9.88 Å². The zero-order valence-electron chi connectivity index (χ0n) is 18.0. The molecule has 1 amide bonds. The van der Waals surface area contributed by atoms with E-state index in [0.717, 1.165) is 46.6 Å². The molecule has 1 aliphatic rings. The number of fused-ring (bicyclic) bond motifs is 4. The Balaban J connectivity index is 1.54. The van der Waals surface area contributed by atoms with E-state index in [4.69, 9.17) is 0 Å². The van der Waals surface area contributed by atoms with E-state index in [1.165, 1.54) is 10.4 Å². The third-order valence-electron chi connectivity index (χ3n) is 6.29. The number of aromatic nitrogens is 3. The van der Waals surface area contributed by atoms with E-state index in [2.05, 4.69) is 39.0 Å². The molecule has 4 aromatic rings. The average Bonchev–Trinajstić information content (AvgIpc) is 3.20. The van der Waals surface area contributed by atoms with Crippen LogP contribution in [0.4, 0.5) is 0 Å². The highest BCUT2D eigenvalue weighted by atomic mass is 79.9. The van der Waals surface area contributed by atoms with Gasteiger partial charge in [0.25, 0.3) is 11.5 Å². The van der Waals surface area contributed by atoms with Crippen molar-refractivity contribution >= 4 is 43.5 Å². The number of aryl methyl sites for hydroxylation is 1. The van der Waals surface area contributed by atoms with Gasteiger partial charge in [0.1, 0.15) is 0 Å². The number of H-pyrrole nitrogens is 1. The number of rotatable bonds is 5. The Hall–Kier alpha value is -2.93. The first-order valence-corrected chi connectivity index (χ1v) is 11.9. The standard InChI is InChI=1S/C25H25BrN4O2/c1-2-3-6-13-30-24(31)18-9-5-4-8-16(18)23(28-30)25(32)29-14-12-21-19(15-29)17-10-7-11-20(26)22(17)27-21/h4-5,7-11,27H,2-3,6,12-15H2,1H3. The molecule has 0 saturated carbocycles. The zero-order chi connectivity index (χ0) is 22.2. The van der Waals surface area contributed by atoms with Crippen molar-refractivity contribution in [3.8, 4) is 0 Å². The van der Waals surface area contributed by atoms with Gasteiger partial charge in [-0.15, -0.1) is 0 Å². The molecule has 2 aromatic carbocycles. The number of carbonyl (C=O) groups is 1. The summed E-state index contributed by atoms with van der Waals surface area (Å²) in [5, 5.41) is 6.88. The highest BCUT2D eigenvalue weighted by Gasteiger charge is 2.28. The molecule has 5 rings (SSSR count). The van der Waals surface area contributed by atoms with Crippen LogP contribution in [0.25, 0.3) is 21.7 Å². The summed E-state index contributed by atoms with van der Waals surface area (Å²) in [5.41, 5.74) is 3.64. The maximum absolute atomic E-state index is 13.7. The summed E-state index contributed by atoms with van der Waals surface area (Å²) in [6.45, 7) is 3.79. The maximum atomic E-state index is 13.7. The summed E-state index contributed by atoms with van der Waals surface area (Å²) in [6, 6.07) is 13.4. The minimum absolute atomic E-state index is 0.125. The lowest BCUT2D eigenvalue weighted by Gasteiger charge is -2.27. The summed E-state index contributed by atoms with van der Waals surface area (Å²) in [6.07, 6.45) is 3.71. The number of amides is 1. The molecule has 6 nitrogen and oxygen atoms in total. The quantitative estimate of drug-likeness (QED) is 0.397. The van der Waals surface area contributed by atoms with Crippen LogP contribution in [0.1, 0.15) is 47.9 Å². The van der Waals surface area contributed by atoms with Gasteiger partial charge in [0.15, 0.2) is 5.69 Å². The Labute approximate surface area is 194 Å². The summed E-state index contributed by atoms with van der Waals surface area (Å²) in [7, 11) is 0. The highest BCUT2D eigenvalue weighted by Crippen LogP contribution is 2.32. The third kappa shape index (κ3) is 3.54. The molecule has 32 heavy (non-hydrogen) atoms. The molecule has 0 aliphatic carbocycles. The minimum Gasteiger partial charge on any atom is -0.357 e. The van der Waals surface area contributed by atoms with Crippen molar-refractivity contribution in [3.63, 3.8) is 0 Å². The molecule has 3 heterocycles. The fraction of sp³-hybridized carbons (Fsp3) is 0.320. The Morgan fingerprint density at radius 2 is 1.88 bits per heavy atom. The summed E-state index contributed by atoms with van der Waals surface area (Å²) >= 11 is 3.62. The number of nitrogens with zero attached hydrogens (tertiary/aromatic N) is 3. The molecular weight excluding hydrogens is 468 g/mol. The van der Waals surface area contributed by atoms with E-state index in [1.807, 2.05) is 35.2 Å². The van der Waals surface area contributed by atoms with Gasteiger partial charge in [-0.2, -0.15) is 5.10 Å². The number of nitrogens with one attached hydrogen (secondary N) is 1. The van der Waals surface area contributed by atoms with Crippen LogP contribution in [-0.2, 0) is 19.5 Å². The minimum atomic E-state index is -0.129. The molecule has 0 atom stereocenters. The van der Waals surface area contributed by atoms with E-state index >= 15 is 0 Å². The smallest absolute Gasteiger partial charge is 0.275 e. The van der Waals surface area contributed by atoms with Crippen LogP contribution >= 0.6 is 15.9 Å². The van der Waals surface area contributed by atoms with Gasteiger partial charge in [-0.05, 0) is 34.5 Å². The summed E-state index contributed by atoms with van der Waals surface area (Å²) < 4.78 is 2.50. The van der Waals surface area contributed by atoms with E-state index in [1.54, 1.807) is 6.07 Å². The molecule has 164 valence electrons. The first-order valence-electron chi connectivity index (χ1n) is 11.2. The lowest BCUT2D eigenvalue weighted by atomic mass is 10.0. The molecule has 0 unspecified atom stereocenters. The molecular formula is C25H25BrN4O2. The zero-order valence-corrected chi connectivity index (χ0v) is 19.6. The van der Waals surface area contributed by atoms with Gasteiger partial charge in [-0.25, -0.2) is 4.68 Å². The Morgan fingerprint density at radius 3 is 2.69 bits per heavy atom. The van der Waals surface area contributed by atoms with Crippen molar-refractivity contribution in [1.82, 2.24) is 19.7 Å². The second-order valence-electron chi connectivity index (χ2n) is 8.35. The lowest BCUT2D eigenvalue weighted by molar-refractivity contribution is 0.0728. The fourth-order valence-electron chi connectivity index (χ4n) is 4.58. The Morgan fingerprint density at radius 1 is 1.09 bits per heavy atom. The average molecular weight is 493 g/mol. The number of carbonyl (C=O) groups excluding carboxylic acids is 1. The maximum Gasteiger partial charge on any atom is 0.275 e. The van der Waals surface area contributed by atoms with Crippen molar-refractivity contribution in [2.75, 3.05) is 6.54 Å². The van der Waals surface area contributed by atoms with Gasteiger partial charge >= 0.3 is 0 Å². The van der Waals surface area contributed by atoms with Gasteiger partial charge in [-0.3, -0.25) is 9.59 Å². The van der Waals surface area contributed by atoms with Crippen LogP contribution in [0, 0.1) is 0 Å². The van der Waals surface area contributed by atoms with Crippen LogP contribution in [0.2, 0.25) is 0 Å². The van der Waals surface area contributed by atoms with Crippen LogP contribution in [0.3, 0.4) is 0 Å². The van der Waals surface area contributed by atoms with E-state index in [0.29, 0.717) is 36.1 Å². The normalized spacial score (nSPS) is 13.6. The van der Waals surface area contributed by atoms with Crippen molar-refractivity contribution < 1.29 is 4.79 Å². The van der Waals surface area contributed by atoms with Gasteiger partial charge in [0.05, 0.1) is 10.9 Å². The second kappa shape index (κ2) is 8.54.